The van der Waals surface area contributed by atoms with E-state index in [1.165, 1.54) is 18.5 Å². The van der Waals surface area contributed by atoms with Crippen LogP contribution >= 0.6 is 0 Å². The van der Waals surface area contributed by atoms with E-state index < -0.39 is 0 Å². The summed E-state index contributed by atoms with van der Waals surface area (Å²) in [4.78, 5) is 2.28. The van der Waals surface area contributed by atoms with Gasteiger partial charge >= 0.3 is 0 Å². The zero-order chi connectivity index (χ0) is 12.0. The highest BCUT2D eigenvalue weighted by Crippen LogP contribution is 2.19. The second kappa shape index (κ2) is 6.38. The molecule has 0 radical (unpaired) electrons. The minimum absolute atomic E-state index is 0.868. The zero-order valence-corrected chi connectivity index (χ0v) is 10.6. The summed E-state index contributed by atoms with van der Waals surface area (Å²) < 4.78 is 0. The van der Waals surface area contributed by atoms with E-state index in [2.05, 4.69) is 29.4 Å². The summed E-state index contributed by atoms with van der Waals surface area (Å²) in [7, 11) is 4.12. The molecule has 3 nitrogen and oxygen atoms in total. The molecule has 90 valence electrons. The van der Waals surface area contributed by atoms with Gasteiger partial charge in [-0.25, -0.2) is 0 Å². The van der Waals surface area contributed by atoms with Gasteiger partial charge in [0.15, 0.2) is 0 Å². The van der Waals surface area contributed by atoms with Crippen LogP contribution in [0.5, 0.6) is 0 Å². The lowest BCUT2D eigenvalue weighted by molar-refractivity contribution is 0.671. The van der Waals surface area contributed by atoms with Crippen LogP contribution in [0.4, 0.5) is 11.4 Å². The van der Waals surface area contributed by atoms with Crippen molar-refractivity contribution in [2.45, 2.75) is 19.8 Å². The number of benzene rings is 1. The molecule has 0 heterocycles. The number of nitrogens with zero attached hydrogens (tertiary/aromatic N) is 1. The normalized spacial score (nSPS) is 10.4. The smallest absolute Gasteiger partial charge is 0.0367 e. The third kappa shape index (κ3) is 3.74. The van der Waals surface area contributed by atoms with Crippen molar-refractivity contribution < 1.29 is 0 Å². The molecule has 0 amide bonds. The van der Waals surface area contributed by atoms with Crippen molar-refractivity contribution in [1.29, 1.82) is 0 Å². The van der Waals surface area contributed by atoms with Crippen LogP contribution in [0.2, 0.25) is 0 Å². The maximum absolute atomic E-state index is 5.80. The molecular formula is C13H23N3. The summed E-state index contributed by atoms with van der Waals surface area (Å²) in [5, 5.41) is 3.16. The Morgan fingerprint density at radius 1 is 1.31 bits per heavy atom. The third-order valence-corrected chi connectivity index (χ3v) is 2.86. The highest BCUT2D eigenvalue weighted by molar-refractivity contribution is 5.57. The molecule has 1 rings (SSSR count). The quantitative estimate of drug-likeness (QED) is 0.570. The average Bonchev–Trinajstić information content (AvgIpc) is 2.28. The van der Waals surface area contributed by atoms with E-state index in [9.17, 15) is 0 Å². The predicted molar refractivity (Wildman–Crippen MR) is 72.0 cm³/mol. The Kier molecular flexibility index (Phi) is 5.12. The van der Waals surface area contributed by atoms with Gasteiger partial charge < -0.3 is 16.0 Å². The van der Waals surface area contributed by atoms with E-state index in [4.69, 9.17) is 5.73 Å². The number of aryl methyl sites for hydroxylation is 1. The summed E-state index contributed by atoms with van der Waals surface area (Å²) in [6.45, 7) is 4.23. The van der Waals surface area contributed by atoms with E-state index in [-0.39, 0.29) is 0 Å². The van der Waals surface area contributed by atoms with Crippen LogP contribution in [0.3, 0.4) is 0 Å². The Morgan fingerprint density at radius 3 is 2.69 bits per heavy atom. The first kappa shape index (κ1) is 12.8. The van der Waals surface area contributed by atoms with Crippen LogP contribution in [0, 0.1) is 6.92 Å². The number of nitrogens with two attached hydrogens (primary N) is 1. The lowest BCUT2D eigenvalue weighted by atomic mass is 10.1. The average molecular weight is 221 g/mol. The second-order valence-electron chi connectivity index (χ2n) is 4.27. The van der Waals surface area contributed by atoms with Crippen molar-refractivity contribution in [2.24, 2.45) is 0 Å². The molecule has 0 saturated carbocycles. The first-order valence-electron chi connectivity index (χ1n) is 5.87. The Morgan fingerprint density at radius 2 is 2.06 bits per heavy atom. The molecule has 0 aliphatic rings. The molecule has 0 spiro atoms. The van der Waals surface area contributed by atoms with Crippen LogP contribution in [0.15, 0.2) is 18.2 Å². The van der Waals surface area contributed by atoms with Gasteiger partial charge in [-0.05, 0) is 57.1 Å². The highest BCUT2D eigenvalue weighted by atomic mass is 15.1. The fraction of sp³-hybridized carbons (Fsp3) is 0.538. The third-order valence-electron chi connectivity index (χ3n) is 2.86. The Bertz CT molecular complexity index is 323. The second-order valence-corrected chi connectivity index (χ2v) is 4.27. The number of hydrogen-bond acceptors (Lipinski definition) is 3. The summed E-state index contributed by atoms with van der Waals surface area (Å²) in [5.74, 6) is 0. The molecule has 0 aliphatic heterocycles. The summed E-state index contributed by atoms with van der Waals surface area (Å²) >= 11 is 0. The van der Waals surface area contributed by atoms with Gasteiger partial charge in [-0.3, -0.25) is 0 Å². The summed E-state index contributed by atoms with van der Waals surface area (Å²) in [5.41, 5.74) is 9.07. The number of nitrogens with one attached hydrogen (secondary N) is 1. The van der Waals surface area contributed by atoms with Crippen LogP contribution in [0.25, 0.3) is 0 Å². The molecule has 0 fully saturated rings. The number of rotatable bonds is 6. The van der Waals surface area contributed by atoms with Crippen LogP contribution in [-0.4, -0.2) is 27.2 Å². The van der Waals surface area contributed by atoms with Crippen molar-refractivity contribution in [2.75, 3.05) is 37.8 Å². The monoisotopic (exact) mass is 221 g/mol. The largest absolute Gasteiger partial charge is 0.399 e. The first-order valence-corrected chi connectivity index (χ1v) is 5.87. The minimum atomic E-state index is 0.868. The van der Waals surface area contributed by atoms with E-state index in [0.717, 1.165) is 24.3 Å². The van der Waals surface area contributed by atoms with Gasteiger partial charge in [0.25, 0.3) is 0 Å². The minimum Gasteiger partial charge on any atom is -0.399 e. The van der Waals surface area contributed by atoms with Crippen LogP contribution in [0.1, 0.15) is 18.4 Å². The molecule has 0 saturated heterocycles. The predicted octanol–water partition coefficient (Wildman–Crippen LogP) is 2.01. The van der Waals surface area contributed by atoms with Crippen molar-refractivity contribution >= 4 is 11.4 Å². The Labute approximate surface area is 98.6 Å². The van der Waals surface area contributed by atoms with Gasteiger partial charge in [0.2, 0.25) is 0 Å². The van der Waals surface area contributed by atoms with Gasteiger partial charge in [-0.1, -0.05) is 0 Å². The standard InChI is InChI=1S/C13H23N3/c1-11-10-12(6-7-13(11)14)16(3)9-5-4-8-15-2/h6-7,10,15H,4-5,8-9,14H2,1-3H3. The number of anilines is 2. The molecule has 0 aromatic heterocycles. The number of unbranched alkanes of at least 4 members (excludes halogenated alkanes) is 1. The lowest BCUT2D eigenvalue weighted by Gasteiger charge is -2.20. The van der Waals surface area contributed by atoms with E-state index in [1.54, 1.807) is 0 Å². The molecule has 0 bridgehead atoms. The van der Waals surface area contributed by atoms with Gasteiger partial charge in [0.05, 0.1) is 0 Å². The molecular weight excluding hydrogens is 198 g/mol. The van der Waals surface area contributed by atoms with Crippen molar-refractivity contribution in [3.05, 3.63) is 23.8 Å². The Balaban J connectivity index is 2.46. The lowest BCUT2D eigenvalue weighted by Crippen LogP contribution is -2.20. The molecule has 0 atom stereocenters. The van der Waals surface area contributed by atoms with Gasteiger partial charge in [-0.15, -0.1) is 0 Å². The maximum Gasteiger partial charge on any atom is 0.0367 e. The first-order chi connectivity index (χ1) is 7.65. The van der Waals surface area contributed by atoms with Crippen molar-refractivity contribution in [3.8, 4) is 0 Å². The molecule has 0 aliphatic carbocycles. The molecule has 3 N–H and O–H groups in total. The van der Waals surface area contributed by atoms with Gasteiger partial charge in [-0.2, -0.15) is 0 Å². The van der Waals surface area contributed by atoms with E-state index in [1.807, 2.05) is 20.0 Å². The fourth-order valence-corrected chi connectivity index (χ4v) is 1.68. The number of hydrogen-bond donors (Lipinski definition) is 2. The van der Waals surface area contributed by atoms with E-state index in [0.29, 0.717) is 0 Å². The van der Waals surface area contributed by atoms with Crippen molar-refractivity contribution in [1.82, 2.24) is 5.32 Å². The molecule has 0 unspecified atom stereocenters. The Hall–Kier alpha value is -1.22. The van der Waals surface area contributed by atoms with Gasteiger partial charge in [0.1, 0.15) is 0 Å². The molecule has 3 heteroatoms. The van der Waals surface area contributed by atoms with Crippen molar-refractivity contribution in [3.63, 3.8) is 0 Å². The number of nitrogen functional groups attached to an aromatic ring is 1. The fourth-order valence-electron chi connectivity index (χ4n) is 1.68. The molecule has 16 heavy (non-hydrogen) atoms. The zero-order valence-electron chi connectivity index (χ0n) is 10.6. The SMILES string of the molecule is CNCCCCN(C)c1ccc(N)c(C)c1. The van der Waals surface area contributed by atoms with E-state index >= 15 is 0 Å². The molecule has 1 aromatic rings. The maximum atomic E-state index is 5.80. The van der Waals surface area contributed by atoms with Gasteiger partial charge in [0, 0.05) is 25.0 Å². The summed E-state index contributed by atoms with van der Waals surface area (Å²) in [6, 6.07) is 6.21. The summed E-state index contributed by atoms with van der Waals surface area (Å²) in [6.07, 6.45) is 2.43. The van der Waals surface area contributed by atoms with Crippen LogP contribution < -0.4 is 16.0 Å². The highest BCUT2D eigenvalue weighted by Gasteiger charge is 2.02. The topological polar surface area (TPSA) is 41.3 Å². The van der Waals surface area contributed by atoms with Crippen LogP contribution in [-0.2, 0) is 0 Å². The molecule has 1 aromatic carbocycles.